The van der Waals surface area contributed by atoms with Crippen molar-refractivity contribution in [1.82, 2.24) is 10.2 Å². The monoisotopic (exact) mass is 374 g/mol. The number of rotatable bonds is 7. The molecule has 3 rings (SSSR count). The molecule has 1 aliphatic heterocycles. The second-order valence-electron chi connectivity index (χ2n) is 7.42. The topological polar surface area (TPSA) is 67.9 Å². The fourth-order valence-corrected chi connectivity index (χ4v) is 3.79. The van der Waals surface area contributed by atoms with E-state index in [9.17, 15) is 9.59 Å². The Morgan fingerprint density at radius 2 is 1.74 bits per heavy atom. The van der Waals surface area contributed by atoms with E-state index in [1.807, 2.05) is 29.2 Å². The van der Waals surface area contributed by atoms with E-state index in [0.717, 1.165) is 44.5 Å². The standard InChI is InChI=1S/C21H30N2O4/c1-26-15-12-20(24)23-13-10-19(11-14-23)27-18-8-6-16(7-9-18)21(25)22-17-4-2-3-5-17/h6-9,17,19H,2-5,10-15H2,1H3,(H,22,25). The van der Waals surface area contributed by atoms with Gasteiger partial charge in [-0.1, -0.05) is 12.8 Å². The van der Waals surface area contributed by atoms with Crippen LogP contribution in [0.5, 0.6) is 5.75 Å². The number of carbonyl (C=O) groups is 2. The van der Waals surface area contributed by atoms with Gasteiger partial charge in [-0.25, -0.2) is 0 Å². The molecular formula is C21H30N2O4. The fraction of sp³-hybridized carbons (Fsp3) is 0.619. The van der Waals surface area contributed by atoms with Crippen molar-refractivity contribution < 1.29 is 19.1 Å². The van der Waals surface area contributed by atoms with Gasteiger partial charge in [0, 0.05) is 44.6 Å². The lowest BCUT2D eigenvalue weighted by Gasteiger charge is -2.32. The zero-order chi connectivity index (χ0) is 19.1. The Bertz CT molecular complexity index is 618. The van der Waals surface area contributed by atoms with E-state index in [2.05, 4.69) is 5.32 Å². The Morgan fingerprint density at radius 3 is 2.37 bits per heavy atom. The van der Waals surface area contributed by atoms with E-state index >= 15 is 0 Å². The number of ether oxygens (including phenoxy) is 2. The first-order valence-corrected chi connectivity index (χ1v) is 10.00. The molecule has 1 saturated carbocycles. The average Bonchev–Trinajstić information content (AvgIpc) is 3.20. The normalized spacial score (nSPS) is 18.5. The predicted octanol–water partition coefficient (Wildman–Crippen LogP) is 2.77. The highest BCUT2D eigenvalue weighted by Crippen LogP contribution is 2.21. The third-order valence-electron chi connectivity index (χ3n) is 5.42. The van der Waals surface area contributed by atoms with E-state index in [0.29, 0.717) is 24.6 Å². The number of piperidine rings is 1. The van der Waals surface area contributed by atoms with Crippen LogP contribution in [0.1, 0.15) is 55.3 Å². The summed E-state index contributed by atoms with van der Waals surface area (Å²) in [6.07, 6.45) is 6.76. The third kappa shape index (κ3) is 5.70. The summed E-state index contributed by atoms with van der Waals surface area (Å²) in [5, 5.41) is 3.10. The lowest BCUT2D eigenvalue weighted by molar-refractivity contribution is -0.133. The van der Waals surface area contributed by atoms with E-state index in [1.165, 1.54) is 12.8 Å². The van der Waals surface area contributed by atoms with Crippen molar-refractivity contribution in [2.24, 2.45) is 0 Å². The number of nitrogens with zero attached hydrogens (tertiary/aromatic N) is 1. The fourth-order valence-electron chi connectivity index (χ4n) is 3.79. The molecule has 0 spiro atoms. The summed E-state index contributed by atoms with van der Waals surface area (Å²) in [7, 11) is 1.61. The summed E-state index contributed by atoms with van der Waals surface area (Å²) in [5.41, 5.74) is 0.674. The zero-order valence-electron chi connectivity index (χ0n) is 16.1. The van der Waals surface area contributed by atoms with Gasteiger partial charge in [-0.3, -0.25) is 9.59 Å². The van der Waals surface area contributed by atoms with Crippen molar-refractivity contribution in [2.45, 2.75) is 57.1 Å². The van der Waals surface area contributed by atoms with Gasteiger partial charge in [0.1, 0.15) is 11.9 Å². The lowest BCUT2D eigenvalue weighted by Crippen LogP contribution is -2.42. The molecular weight excluding hydrogens is 344 g/mol. The van der Waals surface area contributed by atoms with Crippen molar-refractivity contribution in [1.29, 1.82) is 0 Å². The van der Waals surface area contributed by atoms with Crippen molar-refractivity contribution in [3.05, 3.63) is 29.8 Å². The smallest absolute Gasteiger partial charge is 0.251 e. The van der Waals surface area contributed by atoms with Crippen LogP contribution in [0.15, 0.2) is 24.3 Å². The van der Waals surface area contributed by atoms with Crippen LogP contribution in [0.25, 0.3) is 0 Å². The number of likely N-dealkylation sites (tertiary alicyclic amines) is 1. The summed E-state index contributed by atoms with van der Waals surface area (Å²) < 4.78 is 11.0. The van der Waals surface area contributed by atoms with E-state index < -0.39 is 0 Å². The highest BCUT2D eigenvalue weighted by molar-refractivity contribution is 5.94. The Balaban J connectivity index is 1.43. The number of hydrogen-bond donors (Lipinski definition) is 1. The summed E-state index contributed by atoms with van der Waals surface area (Å²) >= 11 is 0. The van der Waals surface area contributed by atoms with Crippen LogP contribution in [0.3, 0.4) is 0 Å². The molecule has 1 aromatic rings. The molecule has 148 valence electrons. The molecule has 1 N–H and O–H groups in total. The Hall–Kier alpha value is -2.08. The lowest BCUT2D eigenvalue weighted by atomic mass is 10.1. The van der Waals surface area contributed by atoms with Gasteiger partial charge in [-0.15, -0.1) is 0 Å². The number of amides is 2. The molecule has 2 aliphatic rings. The summed E-state index contributed by atoms with van der Waals surface area (Å²) in [4.78, 5) is 26.2. The third-order valence-corrected chi connectivity index (χ3v) is 5.42. The van der Waals surface area contributed by atoms with Crippen molar-refractivity contribution in [2.75, 3.05) is 26.8 Å². The van der Waals surface area contributed by atoms with Crippen LogP contribution in [0.2, 0.25) is 0 Å². The van der Waals surface area contributed by atoms with Gasteiger partial charge < -0.3 is 19.7 Å². The maximum absolute atomic E-state index is 12.3. The molecule has 1 heterocycles. The Morgan fingerprint density at radius 1 is 1.07 bits per heavy atom. The van der Waals surface area contributed by atoms with E-state index in [-0.39, 0.29) is 17.9 Å². The van der Waals surface area contributed by atoms with Crippen LogP contribution in [-0.2, 0) is 9.53 Å². The first-order chi connectivity index (χ1) is 13.2. The Kier molecular flexibility index (Phi) is 7.10. The van der Waals surface area contributed by atoms with Crippen LogP contribution < -0.4 is 10.1 Å². The highest BCUT2D eigenvalue weighted by atomic mass is 16.5. The molecule has 6 nitrogen and oxygen atoms in total. The van der Waals surface area contributed by atoms with Crippen molar-refractivity contribution in [3.8, 4) is 5.75 Å². The van der Waals surface area contributed by atoms with Gasteiger partial charge in [0.25, 0.3) is 5.91 Å². The van der Waals surface area contributed by atoms with Crippen LogP contribution in [0.4, 0.5) is 0 Å². The molecule has 1 aromatic carbocycles. The number of hydrogen-bond acceptors (Lipinski definition) is 4. The van der Waals surface area contributed by atoms with Crippen LogP contribution in [0, 0.1) is 0 Å². The van der Waals surface area contributed by atoms with Gasteiger partial charge in [-0.05, 0) is 37.1 Å². The first kappa shape index (κ1) is 19.7. The molecule has 0 atom stereocenters. The minimum atomic E-state index is -0.00340. The van der Waals surface area contributed by atoms with Gasteiger partial charge in [-0.2, -0.15) is 0 Å². The maximum Gasteiger partial charge on any atom is 0.251 e. The quantitative estimate of drug-likeness (QED) is 0.797. The van der Waals surface area contributed by atoms with E-state index in [4.69, 9.17) is 9.47 Å². The van der Waals surface area contributed by atoms with Crippen molar-refractivity contribution >= 4 is 11.8 Å². The molecule has 2 amide bonds. The SMILES string of the molecule is COCCC(=O)N1CCC(Oc2ccc(C(=O)NC3CCCC3)cc2)CC1. The minimum Gasteiger partial charge on any atom is -0.490 e. The van der Waals surface area contributed by atoms with Crippen molar-refractivity contribution in [3.63, 3.8) is 0 Å². The van der Waals surface area contributed by atoms with Gasteiger partial charge in [0.15, 0.2) is 0 Å². The molecule has 0 bridgehead atoms. The highest BCUT2D eigenvalue weighted by Gasteiger charge is 2.24. The molecule has 6 heteroatoms. The molecule has 1 saturated heterocycles. The minimum absolute atomic E-state index is 0.00340. The van der Waals surface area contributed by atoms with Gasteiger partial charge in [0.2, 0.25) is 5.91 Å². The summed E-state index contributed by atoms with van der Waals surface area (Å²) in [6.45, 7) is 1.90. The zero-order valence-corrected chi connectivity index (χ0v) is 16.1. The second kappa shape index (κ2) is 9.74. The largest absolute Gasteiger partial charge is 0.490 e. The number of nitrogens with one attached hydrogen (secondary N) is 1. The summed E-state index contributed by atoms with van der Waals surface area (Å²) in [6, 6.07) is 7.69. The first-order valence-electron chi connectivity index (χ1n) is 10.00. The van der Waals surface area contributed by atoms with E-state index in [1.54, 1.807) is 7.11 Å². The number of methoxy groups -OCH3 is 1. The Labute approximate surface area is 161 Å². The molecule has 0 aromatic heterocycles. The number of carbonyl (C=O) groups excluding carboxylic acids is 2. The maximum atomic E-state index is 12.3. The summed E-state index contributed by atoms with van der Waals surface area (Å²) in [5.74, 6) is 0.917. The molecule has 1 aliphatic carbocycles. The average molecular weight is 374 g/mol. The molecule has 0 unspecified atom stereocenters. The van der Waals surface area contributed by atoms with Gasteiger partial charge >= 0.3 is 0 Å². The van der Waals surface area contributed by atoms with Crippen LogP contribution >= 0.6 is 0 Å². The van der Waals surface area contributed by atoms with Crippen LogP contribution in [-0.4, -0.2) is 55.7 Å². The molecule has 0 radical (unpaired) electrons. The van der Waals surface area contributed by atoms with Gasteiger partial charge in [0.05, 0.1) is 13.0 Å². The number of benzene rings is 1. The molecule has 2 fully saturated rings. The predicted molar refractivity (Wildman–Crippen MR) is 103 cm³/mol. The molecule has 27 heavy (non-hydrogen) atoms. The second-order valence-corrected chi connectivity index (χ2v) is 7.42.